The first-order chi connectivity index (χ1) is 10.1. The summed E-state index contributed by atoms with van der Waals surface area (Å²) in [6.45, 7) is 0.922. The summed E-state index contributed by atoms with van der Waals surface area (Å²) in [4.78, 5) is 25.1. The average molecular weight is 308 g/mol. The highest BCUT2D eigenvalue weighted by molar-refractivity contribution is 7.98. The van der Waals surface area contributed by atoms with Gasteiger partial charge in [0.2, 0.25) is 0 Å². The van der Waals surface area contributed by atoms with E-state index in [1.165, 1.54) is 4.90 Å². The van der Waals surface area contributed by atoms with Crippen LogP contribution in [0.25, 0.3) is 0 Å². The molecule has 0 radical (unpaired) electrons. The van der Waals surface area contributed by atoms with E-state index in [0.29, 0.717) is 19.5 Å². The minimum atomic E-state index is -0.955. The molecule has 0 saturated heterocycles. The minimum absolute atomic E-state index is 0.294. The zero-order valence-corrected chi connectivity index (χ0v) is 12.9. The van der Waals surface area contributed by atoms with E-state index in [1.807, 2.05) is 30.5 Å². The number of carbonyl (C=O) groups excluding carboxylic acids is 1. The zero-order chi connectivity index (χ0) is 15.2. The van der Waals surface area contributed by atoms with Crippen LogP contribution in [0.2, 0.25) is 0 Å². The van der Waals surface area contributed by atoms with Crippen molar-refractivity contribution in [3.8, 4) is 0 Å². The number of hydrogen-bond acceptors (Lipinski definition) is 3. The van der Waals surface area contributed by atoms with Gasteiger partial charge in [0.15, 0.2) is 0 Å². The first-order valence-electron chi connectivity index (χ1n) is 6.96. The molecule has 1 atom stereocenters. The Hall–Kier alpha value is -1.69. The number of aliphatic carboxylic acids is 1. The third-order valence-electron chi connectivity index (χ3n) is 3.60. The fourth-order valence-electron chi connectivity index (χ4n) is 2.47. The van der Waals surface area contributed by atoms with Gasteiger partial charge in [-0.3, -0.25) is 0 Å². The summed E-state index contributed by atoms with van der Waals surface area (Å²) in [5.41, 5.74) is 2.03. The monoisotopic (exact) mass is 308 g/mol. The van der Waals surface area contributed by atoms with E-state index in [-0.39, 0.29) is 6.03 Å². The van der Waals surface area contributed by atoms with Crippen molar-refractivity contribution in [1.29, 1.82) is 0 Å². The summed E-state index contributed by atoms with van der Waals surface area (Å²) < 4.78 is 0. The Kier molecular flexibility index (Phi) is 5.50. The lowest BCUT2D eigenvalue weighted by molar-refractivity contribution is -0.142. The molecule has 1 heterocycles. The second-order valence-corrected chi connectivity index (χ2v) is 6.02. The number of hydrogen-bond donors (Lipinski definition) is 2. The molecular formula is C15H20N2O3S. The van der Waals surface area contributed by atoms with Gasteiger partial charge in [-0.25, -0.2) is 9.59 Å². The normalized spacial score (nSPS) is 17.2. The Morgan fingerprint density at radius 1 is 1.38 bits per heavy atom. The fraction of sp³-hybridized carbons (Fsp3) is 0.467. The molecule has 1 aliphatic rings. The molecule has 0 fully saturated rings. The summed E-state index contributed by atoms with van der Waals surface area (Å²) in [6, 6.07) is 6.60. The molecule has 1 aromatic rings. The molecule has 2 rings (SSSR count). The molecule has 0 bridgehead atoms. The Morgan fingerprint density at radius 2 is 2.10 bits per heavy atom. The molecule has 2 N–H and O–H groups in total. The number of carboxylic acids is 1. The molecule has 6 heteroatoms. The van der Waals surface area contributed by atoms with Crippen molar-refractivity contribution in [1.82, 2.24) is 10.2 Å². The molecule has 0 unspecified atom stereocenters. The number of carbonyl (C=O) groups is 2. The standard InChI is InChI=1S/C15H20N2O3S/c1-21-8-4-7-16-15(20)17-10-12-6-3-2-5-11(12)9-13(17)14(18)19/h2-3,5-6,13H,4,7-10H2,1H3,(H,16,20)(H,18,19)/t13-/m0/s1. The number of nitrogens with one attached hydrogen (secondary N) is 1. The average Bonchev–Trinajstić information content (AvgIpc) is 2.50. The quantitative estimate of drug-likeness (QED) is 0.816. The van der Waals surface area contributed by atoms with Crippen LogP contribution in [0, 0.1) is 0 Å². The molecule has 1 aliphatic heterocycles. The van der Waals surface area contributed by atoms with Crippen LogP contribution < -0.4 is 5.32 Å². The van der Waals surface area contributed by atoms with Gasteiger partial charge in [-0.2, -0.15) is 11.8 Å². The predicted octanol–water partition coefficient (Wildman–Crippen LogP) is 1.96. The Morgan fingerprint density at radius 3 is 2.76 bits per heavy atom. The number of thioether (sulfide) groups is 1. The molecule has 5 nitrogen and oxygen atoms in total. The molecule has 21 heavy (non-hydrogen) atoms. The van der Waals surface area contributed by atoms with Crippen molar-refractivity contribution >= 4 is 23.8 Å². The largest absolute Gasteiger partial charge is 0.480 e. The molecule has 2 amide bonds. The SMILES string of the molecule is CSCCCNC(=O)N1Cc2ccccc2C[C@H]1C(=O)O. The molecular weight excluding hydrogens is 288 g/mol. The highest BCUT2D eigenvalue weighted by Crippen LogP contribution is 2.23. The van der Waals surface area contributed by atoms with Gasteiger partial charge in [0, 0.05) is 19.5 Å². The number of fused-ring (bicyclic) bond motifs is 1. The van der Waals surface area contributed by atoms with Crippen LogP contribution in [0.5, 0.6) is 0 Å². The lowest BCUT2D eigenvalue weighted by atomic mass is 9.94. The number of rotatable bonds is 5. The summed E-state index contributed by atoms with van der Waals surface area (Å²) in [5.74, 6) is 0.0228. The maximum Gasteiger partial charge on any atom is 0.326 e. The van der Waals surface area contributed by atoms with Crippen LogP contribution in [-0.2, 0) is 17.8 Å². The lowest BCUT2D eigenvalue weighted by Crippen LogP contribution is -2.52. The van der Waals surface area contributed by atoms with Crippen LogP contribution in [0.4, 0.5) is 4.79 Å². The number of amides is 2. The van der Waals surface area contributed by atoms with Crippen molar-refractivity contribution in [3.63, 3.8) is 0 Å². The Bertz CT molecular complexity index is 521. The minimum Gasteiger partial charge on any atom is -0.480 e. The zero-order valence-electron chi connectivity index (χ0n) is 12.0. The third kappa shape index (κ3) is 3.91. The fourth-order valence-corrected chi connectivity index (χ4v) is 2.90. The Labute approximate surface area is 128 Å². The second kappa shape index (κ2) is 7.36. The smallest absolute Gasteiger partial charge is 0.326 e. The van der Waals surface area contributed by atoms with Gasteiger partial charge in [0.25, 0.3) is 0 Å². The highest BCUT2D eigenvalue weighted by Gasteiger charge is 2.34. The maximum absolute atomic E-state index is 12.2. The Balaban J connectivity index is 2.06. The van der Waals surface area contributed by atoms with Gasteiger partial charge in [-0.15, -0.1) is 0 Å². The highest BCUT2D eigenvalue weighted by atomic mass is 32.2. The van der Waals surface area contributed by atoms with Crippen molar-refractivity contribution in [2.45, 2.75) is 25.4 Å². The van der Waals surface area contributed by atoms with Gasteiger partial charge >= 0.3 is 12.0 Å². The topological polar surface area (TPSA) is 69.6 Å². The van der Waals surface area contributed by atoms with E-state index in [0.717, 1.165) is 23.3 Å². The van der Waals surface area contributed by atoms with Crippen molar-refractivity contribution in [3.05, 3.63) is 35.4 Å². The van der Waals surface area contributed by atoms with Gasteiger partial charge in [-0.05, 0) is 29.6 Å². The number of urea groups is 1. The van der Waals surface area contributed by atoms with E-state index in [4.69, 9.17) is 0 Å². The van der Waals surface area contributed by atoms with Crippen LogP contribution in [0.3, 0.4) is 0 Å². The van der Waals surface area contributed by atoms with Crippen molar-refractivity contribution < 1.29 is 14.7 Å². The summed E-state index contributed by atoms with van der Waals surface area (Å²) in [7, 11) is 0. The lowest BCUT2D eigenvalue weighted by Gasteiger charge is -2.34. The van der Waals surface area contributed by atoms with Crippen LogP contribution in [-0.4, -0.2) is 46.6 Å². The van der Waals surface area contributed by atoms with Crippen molar-refractivity contribution in [2.75, 3.05) is 18.6 Å². The van der Waals surface area contributed by atoms with E-state index < -0.39 is 12.0 Å². The number of carboxylic acid groups (broad SMARTS) is 1. The number of nitrogens with zero attached hydrogens (tertiary/aromatic N) is 1. The van der Waals surface area contributed by atoms with E-state index in [1.54, 1.807) is 11.8 Å². The summed E-state index contributed by atoms with van der Waals surface area (Å²) >= 11 is 1.73. The van der Waals surface area contributed by atoms with Gasteiger partial charge in [0.05, 0.1) is 0 Å². The van der Waals surface area contributed by atoms with E-state index in [2.05, 4.69) is 5.32 Å². The molecule has 0 spiro atoms. The maximum atomic E-state index is 12.2. The predicted molar refractivity (Wildman–Crippen MR) is 83.5 cm³/mol. The van der Waals surface area contributed by atoms with Gasteiger partial charge in [0.1, 0.15) is 6.04 Å². The van der Waals surface area contributed by atoms with Crippen LogP contribution in [0.1, 0.15) is 17.5 Å². The first-order valence-corrected chi connectivity index (χ1v) is 8.36. The second-order valence-electron chi connectivity index (χ2n) is 5.03. The molecule has 0 aromatic heterocycles. The van der Waals surface area contributed by atoms with E-state index in [9.17, 15) is 14.7 Å². The number of benzene rings is 1. The van der Waals surface area contributed by atoms with E-state index >= 15 is 0 Å². The van der Waals surface area contributed by atoms with Gasteiger partial charge < -0.3 is 15.3 Å². The molecule has 0 aliphatic carbocycles. The van der Waals surface area contributed by atoms with Crippen molar-refractivity contribution in [2.24, 2.45) is 0 Å². The molecule has 114 valence electrons. The molecule has 1 aromatic carbocycles. The molecule has 0 saturated carbocycles. The van der Waals surface area contributed by atoms with Gasteiger partial charge in [-0.1, -0.05) is 24.3 Å². The van der Waals surface area contributed by atoms with Crippen LogP contribution >= 0.6 is 11.8 Å². The third-order valence-corrected chi connectivity index (χ3v) is 4.29. The summed E-state index contributed by atoms with van der Waals surface area (Å²) in [6.07, 6.45) is 3.27. The summed E-state index contributed by atoms with van der Waals surface area (Å²) in [5, 5.41) is 12.2. The first kappa shape index (κ1) is 15.7. The van der Waals surface area contributed by atoms with Crippen LogP contribution in [0.15, 0.2) is 24.3 Å².